The first kappa shape index (κ1) is 16.8. The summed E-state index contributed by atoms with van der Waals surface area (Å²) in [4.78, 5) is 17.8. The van der Waals surface area contributed by atoms with Crippen molar-refractivity contribution in [3.05, 3.63) is 70.7 Å². The van der Waals surface area contributed by atoms with Gasteiger partial charge in [-0.05, 0) is 18.1 Å². The fourth-order valence-corrected chi connectivity index (χ4v) is 3.98. The summed E-state index contributed by atoms with van der Waals surface area (Å²) in [7, 11) is 0. The van der Waals surface area contributed by atoms with Crippen molar-refractivity contribution < 1.29 is 4.79 Å². The molecular formula is C20H20N4OS. The van der Waals surface area contributed by atoms with Crippen LogP contribution in [0.2, 0.25) is 0 Å². The van der Waals surface area contributed by atoms with Gasteiger partial charge in [0.15, 0.2) is 11.3 Å². The Bertz CT molecular complexity index is 971. The van der Waals surface area contributed by atoms with E-state index in [9.17, 15) is 4.79 Å². The van der Waals surface area contributed by atoms with Crippen LogP contribution in [0.15, 0.2) is 64.7 Å². The molecule has 0 spiro atoms. The maximum Gasteiger partial charge on any atom is 0.276 e. The first-order valence-electron chi connectivity index (χ1n) is 8.82. The van der Waals surface area contributed by atoms with Crippen LogP contribution >= 0.6 is 11.8 Å². The highest BCUT2D eigenvalue weighted by atomic mass is 32.2. The molecule has 0 bridgehead atoms. The van der Waals surface area contributed by atoms with E-state index in [0.29, 0.717) is 10.9 Å². The Morgan fingerprint density at radius 2 is 1.88 bits per heavy atom. The van der Waals surface area contributed by atoms with E-state index in [-0.39, 0.29) is 12.1 Å². The number of carbonyl (C=O) groups is 1. The fraction of sp³-hybridized carbons (Fsp3) is 0.250. The van der Waals surface area contributed by atoms with Crippen LogP contribution in [0.4, 0.5) is 0 Å². The van der Waals surface area contributed by atoms with E-state index in [2.05, 4.69) is 12.2 Å². The second kappa shape index (κ2) is 7.33. The Kier molecular flexibility index (Phi) is 4.75. The summed E-state index contributed by atoms with van der Waals surface area (Å²) < 4.78 is 0. The van der Waals surface area contributed by atoms with Gasteiger partial charge in [-0.3, -0.25) is 15.1 Å². The van der Waals surface area contributed by atoms with Crippen LogP contribution in [0, 0.1) is 0 Å². The minimum absolute atomic E-state index is 0.123. The topological polar surface area (TPSA) is 57.1 Å². The molecule has 2 aromatic rings. The van der Waals surface area contributed by atoms with Crippen LogP contribution in [0.3, 0.4) is 0 Å². The van der Waals surface area contributed by atoms with Crippen molar-refractivity contribution in [3.8, 4) is 0 Å². The molecule has 1 amide bonds. The number of unbranched alkanes of at least 4 members (excludes halogenated alkanes) is 1. The molecular weight excluding hydrogens is 344 g/mol. The monoisotopic (exact) mass is 364 g/mol. The van der Waals surface area contributed by atoms with Gasteiger partial charge < -0.3 is 0 Å². The molecule has 2 aliphatic rings. The number of carbonyl (C=O) groups excluding carboxylic acids is 1. The predicted molar refractivity (Wildman–Crippen MR) is 105 cm³/mol. The number of hydrazone groups is 1. The predicted octanol–water partition coefficient (Wildman–Crippen LogP) is 2.36. The summed E-state index contributed by atoms with van der Waals surface area (Å²) in [5.41, 5.74) is 1.57. The number of thioether (sulfide) groups is 1. The zero-order valence-corrected chi connectivity index (χ0v) is 15.4. The van der Waals surface area contributed by atoms with Gasteiger partial charge in [0.1, 0.15) is 5.70 Å². The number of nitrogens with zero attached hydrogens (tertiary/aromatic N) is 3. The van der Waals surface area contributed by atoms with Crippen molar-refractivity contribution in [3.63, 3.8) is 0 Å². The van der Waals surface area contributed by atoms with Gasteiger partial charge in [-0.1, -0.05) is 73.6 Å². The van der Waals surface area contributed by atoms with E-state index in [1.165, 1.54) is 0 Å². The molecule has 5 nitrogen and oxygen atoms in total. The molecule has 0 saturated carbocycles. The highest BCUT2D eigenvalue weighted by Crippen LogP contribution is 2.30. The highest BCUT2D eigenvalue weighted by molar-refractivity contribution is 8.13. The average Bonchev–Trinajstić information content (AvgIpc) is 2.68. The van der Waals surface area contributed by atoms with Crippen LogP contribution in [-0.4, -0.2) is 21.8 Å². The lowest BCUT2D eigenvalue weighted by Crippen LogP contribution is -2.50. The number of hydrogen-bond donors (Lipinski definition) is 1. The van der Waals surface area contributed by atoms with Crippen LogP contribution in [0.1, 0.15) is 31.5 Å². The third-order valence-electron chi connectivity index (χ3n) is 4.35. The third-order valence-corrected chi connectivity index (χ3v) is 5.30. The number of hydrogen-bond acceptors (Lipinski definition) is 5. The molecule has 0 aliphatic carbocycles. The largest absolute Gasteiger partial charge is 0.298 e. The molecule has 0 fully saturated rings. The van der Waals surface area contributed by atoms with Crippen molar-refractivity contribution in [2.24, 2.45) is 10.1 Å². The Morgan fingerprint density at radius 1 is 1.12 bits per heavy atom. The maximum absolute atomic E-state index is 12.9. The first-order valence-corrected chi connectivity index (χ1v) is 9.80. The number of rotatable bonds is 4. The number of amidine groups is 1. The molecule has 6 heteroatoms. The number of para-hydroxylation sites is 1. The lowest BCUT2D eigenvalue weighted by Gasteiger charge is -2.34. The molecule has 0 unspecified atom stereocenters. The number of fused-ring (bicyclic) bond motifs is 2. The molecule has 26 heavy (non-hydrogen) atoms. The van der Waals surface area contributed by atoms with Gasteiger partial charge in [0.2, 0.25) is 0 Å². The molecule has 0 aromatic heterocycles. The lowest BCUT2D eigenvalue weighted by atomic mass is 10.1. The smallest absolute Gasteiger partial charge is 0.276 e. The summed E-state index contributed by atoms with van der Waals surface area (Å²) in [6.45, 7) is 2.15. The van der Waals surface area contributed by atoms with Crippen LogP contribution < -0.4 is 15.9 Å². The second-order valence-electron chi connectivity index (χ2n) is 6.19. The van der Waals surface area contributed by atoms with E-state index in [1.807, 2.05) is 54.6 Å². The molecule has 2 aromatic carbocycles. The summed E-state index contributed by atoms with van der Waals surface area (Å²) in [5.74, 6) is 0.810. The van der Waals surface area contributed by atoms with Crippen molar-refractivity contribution in [1.29, 1.82) is 0 Å². The van der Waals surface area contributed by atoms with E-state index >= 15 is 0 Å². The van der Waals surface area contributed by atoms with Crippen molar-refractivity contribution in [2.45, 2.75) is 25.9 Å². The highest BCUT2D eigenvalue weighted by Gasteiger charge is 2.34. The van der Waals surface area contributed by atoms with Crippen LogP contribution in [0.25, 0.3) is 5.70 Å². The van der Waals surface area contributed by atoms with Crippen molar-refractivity contribution >= 4 is 28.5 Å². The standard InChI is InChI=1S/C20H20N4OS/c1-2-3-13-26-20-22-19(25)17-15-11-7-8-12-16(15)21-18(24(17)23-20)14-9-5-4-6-10-14/h4-12,18H,2-3,13H2,1H3,(H,22,23,25)/t18-/m0/s1. The van der Waals surface area contributed by atoms with Gasteiger partial charge in [0, 0.05) is 11.0 Å². The SMILES string of the molecule is CCCCSC1=NN2C(=c3ccccc3=N[C@@H]2c2ccccc2)C(=O)N1. The van der Waals surface area contributed by atoms with Crippen LogP contribution in [-0.2, 0) is 4.79 Å². The molecule has 2 heterocycles. The molecule has 0 radical (unpaired) electrons. The summed E-state index contributed by atoms with van der Waals surface area (Å²) in [6.07, 6.45) is 1.87. The zero-order chi connectivity index (χ0) is 17.9. The number of nitrogens with one attached hydrogen (secondary N) is 1. The van der Waals surface area contributed by atoms with E-state index in [1.54, 1.807) is 16.8 Å². The normalized spacial score (nSPS) is 18.4. The lowest BCUT2D eigenvalue weighted by molar-refractivity contribution is -0.116. The van der Waals surface area contributed by atoms with Crippen molar-refractivity contribution in [1.82, 2.24) is 10.3 Å². The molecule has 0 saturated heterocycles. The fourth-order valence-electron chi connectivity index (χ4n) is 3.05. The van der Waals surface area contributed by atoms with Gasteiger partial charge in [-0.15, -0.1) is 5.10 Å². The van der Waals surface area contributed by atoms with Gasteiger partial charge >= 0.3 is 0 Å². The Hall–Kier alpha value is -2.60. The summed E-state index contributed by atoms with van der Waals surface area (Å²) >= 11 is 1.58. The Balaban J connectivity index is 1.83. The maximum atomic E-state index is 12.9. The number of benzene rings is 2. The second-order valence-corrected chi connectivity index (χ2v) is 7.27. The van der Waals surface area contributed by atoms with Gasteiger partial charge in [-0.25, -0.2) is 5.01 Å². The van der Waals surface area contributed by atoms with E-state index in [0.717, 1.165) is 34.7 Å². The first-order chi connectivity index (χ1) is 12.8. The third kappa shape index (κ3) is 3.12. The molecule has 2 aliphatic heterocycles. The minimum Gasteiger partial charge on any atom is -0.298 e. The van der Waals surface area contributed by atoms with Gasteiger partial charge in [0.25, 0.3) is 5.91 Å². The number of amides is 1. The van der Waals surface area contributed by atoms with Crippen LogP contribution in [0.5, 0.6) is 0 Å². The van der Waals surface area contributed by atoms with Crippen molar-refractivity contribution in [2.75, 3.05) is 5.75 Å². The molecule has 132 valence electrons. The van der Waals surface area contributed by atoms with Gasteiger partial charge in [0.05, 0.1) is 5.36 Å². The van der Waals surface area contributed by atoms with E-state index < -0.39 is 0 Å². The molecule has 4 rings (SSSR count). The van der Waals surface area contributed by atoms with Gasteiger partial charge in [-0.2, -0.15) is 0 Å². The quantitative estimate of drug-likeness (QED) is 0.848. The van der Waals surface area contributed by atoms with E-state index in [4.69, 9.17) is 10.1 Å². The zero-order valence-electron chi connectivity index (χ0n) is 14.6. The Morgan fingerprint density at radius 3 is 2.69 bits per heavy atom. The summed E-state index contributed by atoms with van der Waals surface area (Å²) in [6, 6.07) is 17.7. The molecule has 1 N–H and O–H groups in total. The molecule has 1 atom stereocenters. The average molecular weight is 364 g/mol. The minimum atomic E-state index is -0.339. The Labute approximate surface area is 156 Å². The summed E-state index contributed by atoms with van der Waals surface area (Å²) in [5, 5.41) is 11.7.